The van der Waals surface area contributed by atoms with Crippen LogP contribution >= 0.6 is 0 Å². The number of amides is 2. The van der Waals surface area contributed by atoms with Crippen molar-refractivity contribution < 1.29 is 14.0 Å². The van der Waals surface area contributed by atoms with Crippen LogP contribution in [0.3, 0.4) is 0 Å². The molecule has 1 atom stereocenters. The first-order valence-electron chi connectivity index (χ1n) is 7.90. The summed E-state index contributed by atoms with van der Waals surface area (Å²) in [4.78, 5) is 29.4. The second kappa shape index (κ2) is 6.82. The van der Waals surface area contributed by atoms with Crippen LogP contribution in [0.1, 0.15) is 18.9 Å². The second-order valence-electron chi connectivity index (χ2n) is 5.81. The Hall–Kier alpha value is -2.70. The number of imidazole rings is 1. The summed E-state index contributed by atoms with van der Waals surface area (Å²) in [5.41, 5.74) is 1.07. The molecule has 1 saturated heterocycles. The van der Waals surface area contributed by atoms with E-state index < -0.39 is 0 Å². The highest BCUT2D eigenvalue weighted by molar-refractivity contribution is 5.89. The first-order chi connectivity index (χ1) is 11.6. The molecule has 1 aromatic carbocycles. The lowest BCUT2D eigenvalue weighted by molar-refractivity contribution is -0.128. The Morgan fingerprint density at radius 2 is 2.29 bits per heavy atom. The molecule has 6 nitrogen and oxygen atoms in total. The van der Waals surface area contributed by atoms with E-state index in [2.05, 4.69) is 10.3 Å². The Kier molecular flexibility index (Phi) is 4.59. The number of aromatic nitrogens is 2. The van der Waals surface area contributed by atoms with Gasteiger partial charge in [-0.15, -0.1) is 0 Å². The molecule has 2 heterocycles. The van der Waals surface area contributed by atoms with Gasteiger partial charge < -0.3 is 14.8 Å². The standard InChI is InChI=1S/C17H19FN4O2/c1-2-21-10-13(8-16(21)23)17(24)20-9-12-3-4-15(14(18)7-12)22-6-5-19-11-22/h3-7,11,13H,2,8-10H2,1H3,(H,20,24)/t13-/m1/s1. The van der Waals surface area contributed by atoms with E-state index in [-0.39, 0.29) is 36.5 Å². The molecule has 0 saturated carbocycles. The lowest BCUT2D eigenvalue weighted by Gasteiger charge is -2.14. The number of benzene rings is 1. The largest absolute Gasteiger partial charge is 0.352 e. The summed E-state index contributed by atoms with van der Waals surface area (Å²) in [7, 11) is 0. The van der Waals surface area contributed by atoms with E-state index in [1.54, 1.807) is 34.0 Å². The van der Waals surface area contributed by atoms with Crippen molar-refractivity contribution in [3.8, 4) is 5.69 Å². The minimum atomic E-state index is -0.382. The molecule has 126 valence electrons. The normalized spacial score (nSPS) is 17.3. The minimum absolute atomic E-state index is 0.00776. The molecule has 2 amide bonds. The van der Waals surface area contributed by atoms with Crippen molar-refractivity contribution in [2.24, 2.45) is 5.92 Å². The molecular weight excluding hydrogens is 311 g/mol. The van der Waals surface area contributed by atoms with E-state index >= 15 is 0 Å². The van der Waals surface area contributed by atoms with E-state index in [1.807, 2.05) is 6.92 Å². The summed E-state index contributed by atoms with van der Waals surface area (Å²) in [5.74, 6) is -0.868. The van der Waals surface area contributed by atoms with Crippen molar-refractivity contribution in [3.05, 3.63) is 48.3 Å². The van der Waals surface area contributed by atoms with E-state index in [0.717, 1.165) is 0 Å². The first-order valence-corrected chi connectivity index (χ1v) is 7.90. The zero-order valence-corrected chi connectivity index (χ0v) is 13.4. The summed E-state index contributed by atoms with van der Waals surface area (Å²) in [6, 6.07) is 4.81. The van der Waals surface area contributed by atoms with Crippen LogP contribution in [0.5, 0.6) is 0 Å². The van der Waals surface area contributed by atoms with Crippen molar-refractivity contribution >= 4 is 11.8 Å². The molecule has 1 fully saturated rings. The fourth-order valence-electron chi connectivity index (χ4n) is 2.86. The Labute approximate surface area is 139 Å². The average molecular weight is 330 g/mol. The predicted octanol–water partition coefficient (Wildman–Crippen LogP) is 1.50. The van der Waals surface area contributed by atoms with Gasteiger partial charge in [-0.2, -0.15) is 0 Å². The van der Waals surface area contributed by atoms with E-state index in [0.29, 0.717) is 24.3 Å². The number of carbonyl (C=O) groups excluding carboxylic acids is 2. The van der Waals surface area contributed by atoms with Gasteiger partial charge in [-0.1, -0.05) is 6.07 Å². The summed E-state index contributed by atoms with van der Waals surface area (Å²) in [6.45, 7) is 3.19. The predicted molar refractivity (Wildman–Crippen MR) is 85.7 cm³/mol. The topological polar surface area (TPSA) is 67.2 Å². The summed E-state index contributed by atoms with van der Waals surface area (Å²) >= 11 is 0. The molecule has 7 heteroatoms. The SMILES string of the molecule is CCN1C[C@H](C(=O)NCc2ccc(-n3ccnc3)c(F)c2)CC1=O. The molecule has 1 aliphatic heterocycles. The zero-order chi connectivity index (χ0) is 17.1. The molecule has 0 radical (unpaired) electrons. The molecule has 0 aliphatic carbocycles. The molecule has 24 heavy (non-hydrogen) atoms. The lowest BCUT2D eigenvalue weighted by atomic mass is 10.1. The number of nitrogens with one attached hydrogen (secondary N) is 1. The maximum absolute atomic E-state index is 14.2. The van der Waals surface area contributed by atoms with Gasteiger partial charge in [0.05, 0.1) is 17.9 Å². The van der Waals surface area contributed by atoms with Crippen LogP contribution in [-0.2, 0) is 16.1 Å². The molecule has 0 unspecified atom stereocenters. The number of carbonyl (C=O) groups is 2. The highest BCUT2D eigenvalue weighted by Gasteiger charge is 2.33. The Balaban J connectivity index is 1.60. The van der Waals surface area contributed by atoms with Gasteiger partial charge in [-0.05, 0) is 24.6 Å². The van der Waals surface area contributed by atoms with Crippen LogP contribution in [0, 0.1) is 11.7 Å². The highest BCUT2D eigenvalue weighted by atomic mass is 19.1. The molecule has 3 rings (SSSR count). The highest BCUT2D eigenvalue weighted by Crippen LogP contribution is 2.18. The number of hydrogen-bond acceptors (Lipinski definition) is 3. The smallest absolute Gasteiger partial charge is 0.225 e. The van der Waals surface area contributed by atoms with Crippen molar-refractivity contribution in [2.45, 2.75) is 19.9 Å². The number of halogens is 1. The van der Waals surface area contributed by atoms with Gasteiger partial charge in [0.25, 0.3) is 0 Å². The lowest BCUT2D eigenvalue weighted by Crippen LogP contribution is -2.32. The fourth-order valence-corrected chi connectivity index (χ4v) is 2.86. The van der Waals surface area contributed by atoms with Gasteiger partial charge in [-0.25, -0.2) is 9.37 Å². The summed E-state index contributed by atoms with van der Waals surface area (Å²) in [5, 5.41) is 2.78. The molecular formula is C17H19FN4O2. The fraction of sp³-hybridized carbons (Fsp3) is 0.353. The zero-order valence-electron chi connectivity index (χ0n) is 13.4. The Morgan fingerprint density at radius 1 is 1.46 bits per heavy atom. The average Bonchev–Trinajstić information content (AvgIpc) is 3.22. The maximum atomic E-state index is 14.2. The van der Waals surface area contributed by atoms with Gasteiger partial charge in [-0.3, -0.25) is 9.59 Å². The van der Waals surface area contributed by atoms with Crippen LogP contribution in [0.25, 0.3) is 5.69 Å². The number of hydrogen-bond donors (Lipinski definition) is 1. The van der Waals surface area contributed by atoms with Crippen molar-refractivity contribution in [2.75, 3.05) is 13.1 Å². The van der Waals surface area contributed by atoms with Gasteiger partial charge in [0.1, 0.15) is 5.82 Å². The molecule has 1 aromatic heterocycles. The van der Waals surface area contributed by atoms with Crippen molar-refractivity contribution in [1.29, 1.82) is 0 Å². The number of likely N-dealkylation sites (tertiary alicyclic amines) is 1. The monoisotopic (exact) mass is 330 g/mol. The Morgan fingerprint density at radius 3 is 2.92 bits per heavy atom. The molecule has 1 N–H and O–H groups in total. The quantitative estimate of drug-likeness (QED) is 0.903. The number of nitrogens with zero attached hydrogens (tertiary/aromatic N) is 3. The van der Waals surface area contributed by atoms with E-state index in [4.69, 9.17) is 0 Å². The first kappa shape index (κ1) is 16.2. The van der Waals surface area contributed by atoms with Gasteiger partial charge in [0.2, 0.25) is 11.8 Å². The van der Waals surface area contributed by atoms with Crippen LogP contribution in [-0.4, -0.2) is 39.4 Å². The molecule has 0 spiro atoms. The van der Waals surface area contributed by atoms with Crippen LogP contribution in [0.2, 0.25) is 0 Å². The van der Waals surface area contributed by atoms with Crippen LogP contribution < -0.4 is 5.32 Å². The molecule has 1 aliphatic rings. The Bertz CT molecular complexity index is 745. The third-order valence-electron chi connectivity index (χ3n) is 4.23. The maximum Gasteiger partial charge on any atom is 0.225 e. The van der Waals surface area contributed by atoms with Crippen molar-refractivity contribution in [3.63, 3.8) is 0 Å². The summed E-state index contributed by atoms with van der Waals surface area (Å²) in [6.07, 6.45) is 5.01. The van der Waals surface area contributed by atoms with Crippen LogP contribution in [0.4, 0.5) is 4.39 Å². The molecule has 2 aromatic rings. The number of rotatable bonds is 5. The van der Waals surface area contributed by atoms with E-state index in [1.165, 1.54) is 12.4 Å². The van der Waals surface area contributed by atoms with Gasteiger partial charge in [0.15, 0.2) is 0 Å². The van der Waals surface area contributed by atoms with Crippen molar-refractivity contribution in [1.82, 2.24) is 19.8 Å². The second-order valence-corrected chi connectivity index (χ2v) is 5.81. The van der Waals surface area contributed by atoms with Gasteiger partial charge in [0, 0.05) is 38.4 Å². The van der Waals surface area contributed by atoms with Crippen LogP contribution in [0.15, 0.2) is 36.9 Å². The third-order valence-corrected chi connectivity index (χ3v) is 4.23. The summed E-state index contributed by atoms with van der Waals surface area (Å²) < 4.78 is 15.8. The molecule has 0 bridgehead atoms. The van der Waals surface area contributed by atoms with Gasteiger partial charge >= 0.3 is 0 Å². The van der Waals surface area contributed by atoms with E-state index in [9.17, 15) is 14.0 Å². The third kappa shape index (κ3) is 3.29. The minimum Gasteiger partial charge on any atom is -0.352 e.